The van der Waals surface area contributed by atoms with Crippen LogP contribution < -0.4 is 5.32 Å². The fraction of sp³-hybridized carbons (Fsp3) is 0.143. The molecule has 0 atom stereocenters. The molecule has 0 spiro atoms. The van der Waals surface area contributed by atoms with Crippen LogP contribution in [0.4, 0.5) is 5.82 Å². The molecule has 0 radical (unpaired) electrons. The highest BCUT2D eigenvalue weighted by Gasteiger charge is 2.04. The maximum absolute atomic E-state index is 11.8. The number of aromatic nitrogens is 1. The van der Waals surface area contributed by atoms with Gasteiger partial charge in [0.25, 0.3) is 0 Å². The van der Waals surface area contributed by atoms with Gasteiger partial charge in [-0.1, -0.05) is 18.2 Å². The van der Waals surface area contributed by atoms with Gasteiger partial charge in [0, 0.05) is 11.1 Å². The zero-order chi connectivity index (χ0) is 12.8. The number of carbonyl (C=O) groups is 1. The van der Waals surface area contributed by atoms with Crippen LogP contribution >= 0.6 is 11.8 Å². The van der Waals surface area contributed by atoms with E-state index < -0.39 is 0 Å². The highest BCUT2D eigenvalue weighted by molar-refractivity contribution is 7.98. The van der Waals surface area contributed by atoms with Gasteiger partial charge in [-0.2, -0.15) is 0 Å². The largest absolute Gasteiger partial charge is 0.310 e. The monoisotopic (exact) mass is 258 g/mol. The van der Waals surface area contributed by atoms with Crippen molar-refractivity contribution >= 4 is 23.5 Å². The summed E-state index contributed by atoms with van der Waals surface area (Å²) in [5, 5.41) is 2.76. The molecule has 0 saturated carbocycles. The molecular formula is C14H14N2OS. The Labute approximate surface area is 111 Å². The molecule has 1 aromatic carbocycles. The lowest BCUT2D eigenvalue weighted by Gasteiger charge is -2.04. The van der Waals surface area contributed by atoms with Gasteiger partial charge in [0.2, 0.25) is 5.91 Å². The number of nitrogens with one attached hydrogen (secondary N) is 1. The van der Waals surface area contributed by atoms with Gasteiger partial charge in [-0.15, -0.1) is 11.8 Å². The molecule has 0 saturated heterocycles. The molecule has 1 N–H and O–H groups in total. The normalized spacial score (nSPS) is 10.1. The van der Waals surface area contributed by atoms with Crippen LogP contribution in [0.5, 0.6) is 0 Å². The topological polar surface area (TPSA) is 42.0 Å². The second-order valence-corrected chi connectivity index (χ2v) is 4.67. The Morgan fingerprint density at radius 2 is 2.00 bits per heavy atom. The Balaban J connectivity index is 1.94. The van der Waals surface area contributed by atoms with Crippen molar-refractivity contribution in [1.82, 2.24) is 4.98 Å². The molecule has 1 amide bonds. The van der Waals surface area contributed by atoms with Gasteiger partial charge in [-0.25, -0.2) is 4.98 Å². The van der Waals surface area contributed by atoms with Gasteiger partial charge in [0.15, 0.2) is 0 Å². The first-order chi connectivity index (χ1) is 8.78. The third kappa shape index (κ3) is 3.60. The van der Waals surface area contributed by atoms with E-state index in [9.17, 15) is 4.79 Å². The first-order valence-corrected chi connectivity index (χ1v) is 6.84. The van der Waals surface area contributed by atoms with Crippen LogP contribution in [0.3, 0.4) is 0 Å². The third-order valence-corrected chi connectivity index (χ3v) is 3.20. The van der Waals surface area contributed by atoms with Crippen molar-refractivity contribution in [3.63, 3.8) is 0 Å². The average molecular weight is 258 g/mol. The molecule has 0 aliphatic heterocycles. The Kier molecular flexibility index (Phi) is 4.36. The van der Waals surface area contributed by atoms with Crippen LogP contribution in [0.2, 0.25) is 0 Å². The predicted octanol–water partition coefficient (Wildman–Crippen LogP) is 2.98. The lowest BCUT2D eigenvalue weighted by Crippen LogP contribution is -2.15. The molecule has 3 nitrogen and oxygen atoms in total. The first kappa shape index (κ1) is 12.6. The predicted molar refractivity (Wildman–Crippen MR) is 74.8 cm³/mol. The Morgan fingerprint density at radius 1 is 1.22 bits per heavy atom. The molecule has 0 unspecified atom stereocenters. The van der Waals surface area contributed by atoms with Crippen molar-refractivity contribution in [2.24, 2.45) is 0 Å². The maximum atomic E-state index is 11.8. The smallest absolute Gasteiger partial charge is 0.229 e. The molecule has 1 aromatic heterocycles. The van der Waals surface area contributed by atoms with Crippen LogP contribution in [0.1, 0.15) is 5.56 Å². The molecular weight excluding hydrogens is 244 g/mol. The van der Waals surface area contributed by atoms with E-state index in [2.05, 4.69) is 10.3 Å². The number of nitrogens with zero attached hydrogens (tertiary/aromatic N) is 1. The second-order valence-electron chi connectivity index (χ2n) is 3.79. The Bertz CT molecular complexity index is 511. The molecule has 0 bridgehead atoms. The second kappa shape index (κ2) is 6.21. The average Bonchev–Trinajstić information content (AvgIpc) is 2.40. The number of carbonyl (C=O) groups excluding carboxylic acids is 1. The number of amides is 1. The Morgan fingerprint density at radius 3 is 2.61 bits per heavy atom. The van der Waals surface area contributed by atoms with Crippen molar-refractivity contribution in [3.05, 3.63) is 54.2 Å². The third-order valence-electron chi connectivity index (χ3n) is 2.46. The molecule has 92 valence electrons. The van der Waals surface area contributed by atoms with Gasteiger partial charge in [-0.3, -0.25) is 4.79 Å². The molecule has 2 rings (SSSR count). The molecule has 0 aliphatic carbocycles. The minimum Gasteiger partial charge on any atom is -0.310 e. The number of pyridine rings is 1. The minimum atomic E-state index is -0.0504. The van der Waals surface area contributed by atoms with Crippen LogP contribution in [-0.4, -0.2) is 17.1 Å². The molecule has 4 heteroatoms. The maximum Gasteiger partial charge on any atom is 0.229 e. The Hall–Kier alpha value is -1.81. The lowest BCUT2D eigenvalue weighted by atomic mass is 10.1. The van der Waals surface area contributed by atoms with Gasteiger partial charge in [0.05, 0.1) is 6.42 Å². The zero-order valence-corrected chi connectivity index (χ0v) is 10.9. The van der Waals surface area contributed by atoms with E-state index in [1.807, 2.05) is 42.7 Å². The van der Waals surface area contributed by atoms with Crippen molar-refractivity contribution in [2.45, 2.75) is 11.3 Å². The molecule has 1 heterocycles. The van der Waals surface area contributed by atoms with E-state index in [-0.39, 0.29) is 5.91 Å². The zero-order valence-electron chi connectivity index (χ0n) is 10.1. The number of rotatable bonds is 4. The summed E-state index contributed by atoms with van der Waals surface area (Å²) in [4.78, 5) is 17.0. The summed E-state index contributed by atoms with van der Waals surface area (Å²) < 4.78 is 0. The quantitative estimate of drug-likeness (QED) is 0.857. The van der Waals surface area contributed by atoms with Crippen LogP contribution in [-0.2, 0) is 11.2 Å². The first-order valence-electron chi connectivity index (χ1n) is 5.62. The number of hydrogen-bond acceptors (Lipinski definition) is 3. The molecule has 18 heavy (non-hydrogen) atoms. The summed E-state index contributed by atoms with van der Waals surface area (Å²) in [5.74, 6) is 0.536. The fourth-order valence-electron chi connectivity index (χ4n) is 1.55. The van der Waals surface area contributed by atoms with Crippen LogP contribution in [0.15, 0.2) is 53.6 Å². The number of anilines is 1. The van der Waals surface area contributed by atoms with Crippen LogP contribution in [0, 0.1) is 0 Å². The summed E-state index contributed by atoms with van der Waals surface area (Å²) in [5.41, 5.74) is 1.00. The van der Waals surface area contributed by atoms with Gasteiger partial charge < -0.3 is 5.32 Å². The highest BCUT2D eigenvalue weighted by Crippen LogP contribution is 2.15. The van der Waals surface area contributed by atoms with Gasteiger partial charge in [0.1, 0.15) is 5.82 Å². The summed E-state index contributed by atoms with van der Waals surface area (Å²) in [7, 11) is 0. The van der Waals surface area contributed by atoms with E-state index in [1.165, 1.54) is 4.90 Å². The van der Waals surface area contributed by atoms with Gasteiger partial charge in [-0.05, 0) is 36.1 Å². The summed E-state index contributed by atoms with van der Waals surface area (Å²) >= 11 is 1.69. The lowest BCUT2D eigenvalue weighted by molar-refractivity contribution is -0.115. The number of benzene rings is 1. The fourth-order valence-corrected chi connectivity index (χ4v) is 1.96. The standard InChI is InChI=1S/C14H14N2OS/c1-18-12-7-5-11(6-8-12)10-14(17)16-13-4-2-3-9-15-13/h2-9H,10H2,1H3,(H,15,16,17). The van der Waals surface area contributed by atoms with Crippen molar-refractivity contribution < 1.29 is 4.79 Å². The molecule has 0 fully saturated rings. The van der Waals surface area contributed by atoms with Gasteiger partial charge >= 0.3 is 0 Å². The van der Waals surface area contributed by atoms with Crippen molar-refractivity contribution in [1.29, 1.82) is 0 Å². The number of hydrogen-bond donors (Lipinski definition) is 1. The van der Waals surface area contributed by atoms with Crippen LogP contribution in [0.25, 0.3) is 0 Å². The summed E-state index contributed by atoms with van der Waals surface area (Å²) in [6.45, 7) is 0. The van der Waals surface area contributed by atoms with Crippen molar-refractivity contribution in [3.8, 4) is 0 Å². The molecule has 0 aliphatic rings. The van der Waals surface area contributed by atoms with E-state index in [0.717, 1.165) is 5.56 Å². The van der Waals surface area contributed by atoms with E-state index in [1.54, 1.807) is 24.0 Å². The highest BCUT2D eigenvalue weighted by atomic mass is 32.2. The summed E-state index contributed by atoms with van der Waals surface area (Å²) in [6, 6.07) is 13.4. The number of thioether (sulfide) groups is 1. The minimum absolute atomic E-state index is 0.0504. The van der Waals surface area contributed by atoms with Crippen molar-refractivity contribution in [2.75, 3.05) is 11.6 Å². The molecule has 2 aromatic rings. The SMILES string of the molecule is CSc1ccc(CC(=O)Nc2ccccn2)cc1. The summed E-state index contributed by atoms with van der Waals surface area (Å²) in [6.07, 6.45) is 4.05. The van der Waals surface area contributed by atoms with E-state index in [0.29, 0.717) is 12.2 Å². The van der Waals surface area contributed by atoms with E-state index in [4.69, 9.17) is 0 Å². The van der Waals surface area contributed by atoms with E-state index >= 15 is 0 Å².